The van der Waals surface area contributed by atoms with Crippen LogP contribution in [0.4, 0.5) is 10.2 Å². The minimum Gasteiger partial charge on any atom is -0.354 e. The predicted molar refractivity (Wildman–Crippen MR) is 111 cm³/mol. The second-order valence-electron chi connectivity index (χ2n) is 7.25. The summed E-state index contributed by atoms with van der Waals surface area (Å²) in [5.74, 6) is 0.610. The van der Waals surface area contributed by atoms with E-state index in [1.807, 2.05) is 29.4 Å². The number of hydrogen-bond donors (Lipinski definition) is 0. The van der Waals surface area contributed by atoms with Gasteiger partial charge >= 0.3 is 0 Å². The zero-order valence-electron chi connectivity index (χ0n) is 16.9. The fourth-order valence-electron chi connectivity index (χ4n) is 3.47. The van der Waals surface area contributed by atoms with Crippen molar-refractivity contribution in [1.82, 2.24) is 23.8 Å². The summed E-state index contributed by atoms with van der Waals surface area (Å²) in [7, 11) is -3.60. The molecule has 0 unspecified atom stereocenters. The number of imidazole rings is 1. The van der Waals surface area contributed by atoms with E-state index in [0.717, 1.165) is 17.2 Å². The first kappa shape index (κ1) is 20.4. The minimum absolute atomic E-state index is 0.186. The van der Waals surface area contributed by atoms with Gasteiger partial charge in [0.2, 0.25) is 10.0 Å². The Morgan fingerprint density at radius 2 is 1.70 bits per heavy atom. The van der Waals surface area contributed by atoms with Gasteiger partial charge in [0.05, 0.1) is 11.4 Å². The number of nitrogens with zero attached hydrogens (tertiary/aromatic N) is 6. The molecule has 1 fully saturated rings. The lowest BCUT2D eigenvalue weighted by atomic mass is 10.2. The number of halogens is 1. The van der Waals surface area contributed by atoms with Crippen LogP contribution in [0.1, 0.15) is 17.0 Å². The summed E-state index contributed by atoms with van der Waals surface area (Å²) >= 11 is 0. The van der Waals surface area contributed by atoms with E-state index in [-0.39, 0.29) is 11.3 Å². The van der Waals surface area contributed by atoms with Gasteiger partial charge in [0.15, 0.2) is 0 Å². The zero-order valence-corrected chi connectivity index (χ0v) is 17.7. The molecule has 1 saturated heterocycles. The van der Waals surface area contributed by atoms with E-state index in [1.54, 1.807) is 18.5 Å². The van der Waals surface area contributed by atoms with E-state index >= 15 is 0 Å². The molecular formula is C20H23FN6O2S. The fraction of sp³-hybridized carbons (Fsp3) is 0.350. The van der Waals surface area contributed by atoms with E-state index in [2.05, 4.69) is 15.0 Å². The van der Waals surface area contributed by atoms with Crippen LogP contribution in [0.15, 0.2) is 43.0 Å². The summed E-state index contributed by atoms with van der Waals surface area (Å²) in [4.78, 5) is 15.0. The van der Waals surface area contributed by atoms with Gasteiger partial charge < -0.3 is 4.90 Å². The molecule has 10 heteroatoms. The standard InChI is InChI=1S/C20H23FN6O2S/c1-15-16(2)27(14-24-15)20-11-19(22-13-23-20)25-7-9-26(10-8-25)30(28,29)12-17-5-3-4-6-18(17)21/h3-6,11,13-14H,7-10,12H2,1-2H3. The van der Waals surface area contributed by atoms with Crippen LogP contribution >= 0.6 is 0 Å². The van der Waals surface area contributed by atoms with Gasteiger partial charge in [-0.2, -0.15) is 4.31 Å². The Balaban J connectivity index is 1.45. The molecule has 0 saturated carbocycles. The molecule has 158 valence electrons. The molecule has 1 aliphatic heterocycles. The molecule has 0 radical (unpaired) electrons. The summed E-state index contributed by atoms with van der Waals surface area (Å²) in [6.07, 6.45) is 3.23. The lowest BCUT2D eigenvalue weighted by Gasteiger charge is -2.34. The van der Waals surface area contributed by atoms with Gasteiger partial charge in [0.1, 0.15) is 30.1 Å². The molecule has 0 amide bonds. The Morgan fingerprint density at radius 3 is 2.37 bits per heavy atom. The van der Waals surface area contributed by atoms with Crippen molar-refractivity contribution in [2.24, 2.45) is 0 Å². The van der Waals surface area contributed by atoms with Crippen LogP contribution in [0.3, 0.4) is 0 Å². The van der Waals surface area contributed by atoms with Crippen molar-refractivity contribution in [3.8, 4) is 5.82 Å². The minimum atomic E-state index is -3.60. The molecule has 3 aromatic rings. The number of piperazine rings is 1. The van der Waals surface area contributed by atoms with E-state index in [0.29, 0.717) is 32.0 Å². The van der Waals surface area contributed by atoms with Gasteiger partial charge in [-0.15, -0.1) is 0 Å². The molecule has 0 spiro atoms. The molecule has 0 N–H and O–H groups in total. The second kappa shape index (κ2) is 8.11. The summed E-state index contributed by atoms with van der Waals surface area (Å²) in [6, 6.07) is 7.84. The number of aryl methyl sites for hydroxylation is 1. The van der Waals surface area contributed by atoms with Crippen LogP contribution in [-0.2, 0) is 15.8 Å². The third-order valence-corrected chi connectivity index (χ3v) is 7.22. The SMILES string of the molecule is Cc1ncn(-c2cc(N3CCN(S(=O)(=O)Cc4ccccc4F)CC3)ncn2)c1C. The molecule has 30 heavy (non-hydrogen) atoms. The fourth-order valence-corrected chi connectivity index (χ4v) is 5.00. The Morgan fingerprint density at radius 1 is 1.00 bits per heavy atom. The van der Waals surface area contributed by atoms with E-state index in [4.69, 9.17) is 0 Å². The maximum absolute atomic E-state index is 13.9. The Bertz CT molecular complexity index is 1160. The van der Waals surface area contributed by atoms with Gasteiger partial charge in [0, 0.05) is 43.5 Å². The Hall–Kier alpha value is -2.85. The Kier molecular flexibility index (Phi) is 5.52. The molecule has 3 heterocycles. The average Bonchev–Trinajstić information content (AvgIpc) is 3.08. The Labute approximate surface area is 175 Å². The number of anilines is 1. The molecule has 8 nitrogen and oxygen atoms in total. The van der Waals surface area contributed by atoms with Crippen LogP contribution < -0.4 is 4.90 Å². The quantitative estimate of drug-likeness (QED) is 0.616. The number of rotatable bonds is 5. The maximum atomic E-state index is 13.9. The van der Waals surface area contributed by atoms with Gasteiger partial charge in [-0.1, -0.05) is 18.2 Å². The number of aromatic nitrogens is 4. The highest BCUT2D eigenvalue weighted by atomic mass is 32.2. The first-order chi connectivity index (χ1) is 14.3. The number of hydrogen-bond acceptors (Lipinski definition) is 6. The summed E-state index contributed by atoms with van der Waals surface area (Å²) < 4.78 is 42.7. The summed E-state index contributed by atoms with van der Waals surface area (Å²) in [6.45, 7) is 5.54. The molecule has 4 rings (SSSR count). The van der Waals surface area contributed by atoms with Crippen molar-refractivity contribution >= 4 is 15.8 Å². The molecule has 1 aromatic carbocycles. The highest BCUT2D eigenvalue weighted by Gasteiger charge is 2.28. The lowest BCUT2D eigenvalue weighted by molar-refractivity contribution is 0.383. The molecule has 0 aliphatic carbocycles. The van der Waals surface area contributed by atoms with Crippen LogP contribution in [0.2, 0.25) is 0 Å². The van der Waals surface area contributed by atoms with Crippen molar-refractivity contribution in [2.75, 3.05) is 31.1 Å². The van der Waals surface area contributed by atoms with Gasteiger partial charge in [-0.25, -0.2) is 27.8 Å². The molecule has 2 aromatic heterocycles. The average molecular weight is 431 g/mol. The molecule has 1 aliphatic rings. The van der Waals surface area contributed by atoms with Crippen LogP contribution in [0, 0.1) is 19.7 Å². The molecule has 0 bridgehead atoms. The monoisotopic (exact) mass is 430 g/mol. The molecule has 0 atom stereocenters. The number of benzene rings is 1. The topological polar surface area (TPSA) is 84.2 Å². The van der Waals surface area contributed by atoms with Crippen molar-refractivity contribution in [2.45, 2.75) is 19.6 Å². The third kappa shape index (κ3) is 4.05. The van der Waals surface area contributed by atoms with Crippen molar-refractivity contribution in [3.63, 3.8) is 0 Å². The van der Waals surface area contributed by atoms with Crippen LogP contribution in [0.25, 0.3) is 5.82 Å². The lowest BCUT2D eigenvalue weighted by Crippen LogP contribution is -2.49. The highest BCUT2D eigenvalue weighted by Crippen LogP contribution is 2.20. The largest absolute Gasteiger partial charge is 0.354 e. The second-order valence-corrected chi connectivity index (χ2v) is 9.22. The first-order valence-corrected chi connectivity index (χ1v) is 11.3. The third-order valence-electron chi connectivity index (χ3n) is 5.39. The van der Waals surface area contributed by atoms with Crippen LogP contribution in [-0.4, -0.2) is 58.4 Å². The highest BCUT2D eigenvalue weighted by molar-refractivity contribution is 7.88. The first-order valence-electron chi connectivity index (χ1n) is 9.64. The van der Waals surface area contributed by atoms with Crippen molar-refractivity contribution in [1.29, 1.82) is 0 Å². The predicted octanol–water partition coefficient (Wildman–Crippen LogP) is 2.07. The maximum Gasteiger partial charge on any atom is 0.218 e. The van der Waals surface area contributed by atoms with Gasteiger partial charge in [0.25, 0.3) is 0 Å². The zero-order chi connectivity index (χ0) is 21.3. The van der Waals surface area contributed by atoms with Crippen molar-refractivity contribution in [3.05, 3.63) is 65.8 Å². The van der Waals surface area contributed by atoms with Gasteiger partial charge in [-0.3, -0.25) is 4.57 Å². The number of sulfonamides is 1. The summed E-state index contributed by atoms with van der Waals surface area (Å²) in [5, 5.41) is 0. The smallest absolute Gasteiger partial charge is 0.218 e. The van der Waals surface area contributed by atoms with Crippen molar-refractivity contribution < 1.29 is 12.8 Å². The van der Waals surface area contributed by atoms with Crippen LogP contribution in [0.5, 0.6) is 0 Å². The summed E-state index contributed by atoms with van der Waals surface area (Å²) in [5.41, 5.74) is 2.12. The normalized spacial score (nSPS) is 15.5. The van der Waals surface area contributed by atoms with E-state index < -0.39 is 15.8 Å². The van der Waals surface area contributed by atoms with E-state index in [1.165, 1.54) is 22.8 Å². The molecular weight excluding hydrogens is 407 g/mol. The van der Waals surface area contributed by atoms with E-state index in [9.17, 15) is 12.8 Å². The van der Waals surface area contributed by atoms with Gasteiger partial charge in [-0.05, 0) is 19.9 Å².